The highest BCUT2D eigenvalue weighted by molar-refractivity contribution is 5.94. The van der Waals surface area contributed by atoms with Crippen molar-refractivity contribution < 1.29 is 9.90 Å². The molecule has 0 bridgehead atoms. The van der Waals surface area contributed by atoms with Gasteiger partial charge in [0.05, 0.1) is 36.1 Å². The van der Waals surface area contributed by atoms with Crippen molar-refractivity contribution in [3.05, 3.63) is 92.9 Å². The molecular formula is C25H21N7O3. The van der Waals surface area contributed by atoms with Gasteiger partial charge in [-0.15, -0.1) is 0 Å². The maximum atomic E-state index is 13.4. The molecule has 4 heterocycles. The minimum absolute atomic E-state index is 0.0521. The number of pyridine rings is 1. The first-order valence-electron chi connectivity index (χ1n) is 11.0. The summed E-state index contributed by atoms with van der Waals surface area (Å²) in [7, 11) is 0. The highest BCUT2D eigenvalue weighted by Gasteiger charge is 2.27. The molecule has 0 fully saturated rings. The van der Waals surface area contributed by atoms with Crippen LogP contribution in [0.5, 0.6) is 0 Å². The maximum Gasteiger partial charge on any atom is 0.337 e. The lowest BCUT2D eigenvalue weighted by atomic mass is 10.1. The first-order valence-corrected chi connectivity index (χ1v) is 11.0. The zero-order valence-corrected chi connectivity index (χ0v) is 19.1. The summed E-state index contributed by atoms with van der Waals surface area (Å²) in [5.74, 6) is -0.763. The van der Waals surface area contributed by atoms with Crippen molar-refractivity contribution >= 4 is 23.1 Å². The molecule has 0 saturated heterocycles. The Hall–Kier alpha value is -4.78. The number of benzene rings is 1. The number of carbonyl (C=O) groups is 1. The summed E-state index contributed by atoms with van der Waals surface area (Å²) in [6.45, 7) is 4.50. The number of hydrogen-bond acceptors (Lipinski definition) is 8. The number of anilines is 2. The minimum atomic E-state index is -1.04. The molecule has 0 amide bonds. The average Bonchev–Trinajstić information content (AvgIpc) is 3.28. The van der Waals surface area contributed by atoms with Crippen LogP contribution in [-0.2, 0) is 13.1 Å². The third-order valence-corrected chi connectivity index (χ3v) is 6.02. The Morgan fingerprint density at radius 1 is 1.20 bits per heavy atom. The molecule has 0 radical (unpaired) electrons. The zero-order chi connectivity index (χ0) is 24.7. The summed E-state index contributed by atoms with van der Waals surface area (Å²) in [5.41, 5.74) is 3.52. The van der Waals surface area contributed by atoms with E-state index in [1.807, 2.05) is 30.9 Å². The molecule has 1 aliphatic heterocycles. The number of para-hydroxylation sites is 1. The molecule has 2 N–H and O–H groups in total. The number of nitriles is 1. The van der Waals surface area contributed by atoms with E-state index >= 15 is 0 Å². The summed E-state index contributed by atoms with van der Waals surface area (Å²) in [5, 5.41) is 22.6. The molecular weight excluding hydrogens is 446 g/mol. The van der Waals surface area contributed by atoms with Crippen molar-refractivity contribution in [3.8, 4) is 6.07 Å². The van der Waals surface area contributed by atoms with Gasteiger partial charge in [0.1, 0.15) is 11.7 Å². The van der Waals surface area contributed by atoms with E-state index in [2.05, 4.69) is 15.3 Å². The van der Waals surface area contributed by atoms with E-state index in [0.717, 1.165) is 17.0 Å². The van der Waals surface area contributed by atoms with Gasteiger partial charge < -0.3 is 15.3 Å². The molecule has 1 aromatic carbocycles. The van der Waals surface area contributed by atoms with Crippen LogP contribution in [0.15, 0.2) is 53.7 Å². The third kappa shape index (κ3) is 3.83. The van der Waals surface area contributed by atoms with Gasteiger partial charge in [-0.3, -0.25) is 19.2 Å². The number of aromatic nitrogens is 4. The normalized spacial score (nSPS) is 13.3. The molecule has 5 rings (SSSR count). The largest absolute Gasteiger partial charge is 0.478 e. The van der Waals surface area contributed by atoms with Crippen molar-refractivity contribution in [1.82, 2.24) is 19.4 Å². The van der Waals surface area contributed by atoms with Crippen molar-refractivity contribution in [3.63, 3.8) is 0 Å². The summed E-state index contributed by atoms with van der Waals surface area (Å²) in [6, 6.07) is 10.2. The molecule has 0 saturated carbocycles. The van der Waals surface area contributed by atoms with E-state index in [4.69, 9.17) is 4.98 Å². The zero-order valence-electron chi connectivity index (χ0n) is 19.1. The maximum absolute atomic E-state index is 13.4. The van der Waals surface area contributed by atoms with Gasteiger partial charge in [0.2, 0.25) is 0 Å². The lowest BCUT2D eigenvalue weighted by Gasteiger charge is -2.22. The molecule has 174 valence electrons. The summed E-state index contributed by atoms with van der Waals surface area (Å²) in [4.78, 5) is 40.4. The average molecular weight is 467 g/mol. The van der Waals surface area contributed by atoms with Crippen LogP contribution < -0.4 is 15.8 Å². The molecule has 3 aromatic heterocycles. The first-order chi connectivity index (χ1) is 16.9. The van der Waals surface area contributed by atoms with E-state index in [9.17, 15) is 20.0 Å². The van der Waals surface area contributed by atoms with Crippen LogP contribution in [-0.4, -0.2) is 30.4 Å². The third-order valence-electron chi connectivity index (χ3n) is 6.02. The molecule has 10 heteroatoms. The smallest absolute Gasteiger partial charge is 0.337 e. The molecule has 0 aliphatic carbocycles. The minimum Gasteiger partial charge on any atom is -0.478 e. The van der Waals surface area contributed by atoms with Gasteiger partial charge in [-0.25, -0.2) is 9.78 Å². The van der Waals surface area contributed by atoms with E-state index in [1.54, 1.807) is 36.8 Å². The molecule has 4 aromatic rings. The fourth-order valence-electron chi connectivity index (χ4n) is 4.38. The molecule has 35 heavy (non-hydrogen) atoms. The van der Waals surface area contributed by atoms with Crippen molar-refractivity contribution in [2.45, 2.75) is 33.0 Å². The van der Waals surface area contributed by atoms with Gasteiger partial charge >= 0.3 is 5.97 Å². The Labute approximate surface area is 200 Å². The van der Waals surface area contributed by atoms with Crippen LogP contribution >= 0.6 is 0 Å². The molecule has 10 nitrogen and oxygen atoms in total. The van der Waals surface area contributed by atoms with Gasteiger partial charge in [0.15, 0.2) is 11.4 Å². The fourth-order valence-corrected chi connectivity index (χ4v) is 4.38. The van der Waals surface area contributed by atoms with Gasteiger partial charge in [0, 0.05) is 29.8 Å². The van der Waals surface area contributed by atoms with Crippen LogP contribution in [0.25, 0.3) is 5.65 Å². The Balaban J connectivity index is 1.64. The number of aryl methyl sites for hydroxylation is 1. The summed E-state index contributed by atoms with van der Waals surface area (Å²) >= 11 is 0. The quantitative estimate of drug-likeness (QED) is 0.454. The van der Waals surface area contributed by atoms with Crippen molar-refractivity contribution in [2.24, 2.45) is 0 Å². The Morgan fingerprint density at radius 3 is 2.54 bits per heavy atom. The van der Waals surface area contributed by atoms with E-state index < -0.39 is 17.6 Å². The van der Waals surface area contributed by atoms with Crippen LogP contribution in [0.1, 0.15) is 51.4 Å². The number of aromatic carboxylic acids is 1. The summed E-state index contributed by atoms with van der Waals surface area (Å²) in [6.07, 6.45) is 4.87. The van der Waals surface area contributed by atoms with Crippen LogP contribution in [0.3, 0.4) is 0 Å². The Bertz CT molecular complexity index is 1560. The number of rotatable bonds is 5. The summed E-state index contributed by atoms with van der Waals surface area (Å²) < 4.78 is 1.38. The predicted molar refractivity (Wildman–Crippen MR) is 128 cm³/mol. The van der Waals surface area contributed by atoms with Crippen molar-refractivity contribution in [1.29, 1.82) is 5.26 Å². The second-order valence-electron chi connectivity index (χ2n) is 8.42. The Morgan fingerprint density at radius 2 is 1.89 bits per heavy atom. The van der Waals surface area contributed by atoms with Crippen molar-refractivity contribution in [2.75, 3.05) is 10.2 Å². The lowest BCUT2D eigenvalue weighted by Crippen LogP contribution is -2.27. The van der Waals surface area contributed by atoms with Crippen LogP contribution in [0.2, 0.25) is 0 Å². The number of hydrogen-bond donors (Lipinski definition) is 2. The standard InChI is InChI=1S/C25H21N7O3/c1-14-9-17(15(2)29-19-6-4-3-5-16(19)25(34)35)23-30-22(18(10-26)24(33)32(23)11-14)31-12-20-21(13-31)28-8-7-27-20/h3-9,11,15,29H,12-13H2,1-2H3,(H,34,35)/t15-/m1/s1. The van der Waals surface area contributed by atoms with E-state index in [0.29, 0.717) is 30.0 Å². The van der Waals surface area contributed by atoms with Gasteiger partial charge in [-0.05, 0) is 37.6 Å². The monoisotopic (exact) mass is 467 g/mol. The molecule has 1 atom stereocenters. The molecule has 1 aliphatic rings. The first kappa shape index (κ1) is 22.0. The van der Waals surface area contributed by atoms with Crippen LogP contribution in [0.4, 0.5) is 11.5 Å². The van der Waals surface area contributed by atoms with Gasteiger partial charge in [-0.2, -0.15) is 5.26 Å². The SMILES string of the molecule is Cc1cc([C@@H](C)Nc2ccccc2C(=O)O)c2nc(N3Cc4nccnc4C3)c(C#N)c(=O)n2c1. The highest BCUT2D eigenvalue weighted by Crippen LogP contribution is 2.29. The lowest BCUT2D eigenvalue weighted by molar-refractivity contribution is 0.0698. The van der Waals surface area contributed by atoms with Gasteiger partial charge in [-0.1, -0.05) is 12.1 Å². The van der Waals surface area contributed by atoms with E-state index in [1.165, 1.54) is 10.5 Å². The highest BCUT2D eigenvalue weighted by atomic mass is 16.4. The predicted octanol–water partition coefficient (Wildman–Crippen LogP) is 3.06. The fraction of sp³-hybridized carbons (Fsp3) is 0.200. The number of carboxylic acid groups (broad SMARTS) is 1. The second kappa shape index (κ2) is 8.53. The number of nitrogens with zero attached hydrogens (tertiary/aromatic N) is 6. The number of nitrogens with one attached hydrogen (secondary N) is 1. The topological polar surface area (TPSA) is 137 Å². The van der Waals surface area contributed by atoms with Gasteiger partial charge in [0.25, 0.3) is 5.56 Å². The second-order valence-corrected chi connectivity index (χ2v) is 8.42. The molecule has 0 unspecified atom stereocenters. The van der Waals surface area contributed by atoms with Crippen LogP contribution in [0, 0.1) is 18.3 Å². The Kier molecular flexibility index (Phi) is 5.37. The van der Waals surface area contributed by atoms with E-state index in [-0.39, 0.29) is 16.9 Å². The molecule has 0 spiro atoms. The number of fused-ring (bicyclic) bond motifs is 2. The number of carboxylic acids is 1.